The number of nitrogens with one attached hydrogen (secondary N) is 1. The van der Waals surface area contributed by atoms with Crippen LogP contribution in [0.15, 0.2) is 30.5 Å². The number of aromatic amines is 1. The van der Waals surface area contributed by atoms with Gasteiger partial charge in [0.2, 0.25) is 0 Å². The standard InChI is InChI=1S/C14H15N5O.C2HF3O2/c1-20-10-7-9(17-12(15)8-10)4-5-13-18-11-3-2-6-16-14(11)19-13;3-2(4,5)1(6)7/h2-3,6-8H,4-5H2,1H3,(H2,15,17)(H,16,18,19);(H,6,7). The summed E-state index contributed by atoms with van der Waals surface area (Å²) in [5.41, 5.74) is 8.31. The Morgan fingerprint density at radius 3 is 2.59 bits per heavy atom. The van der Waals surface area contributed by atoms with E-state index in [1.165, 1.54) is 0 Å². The Labute approximate surface area is 151 Å². The Morgan fingerprint density at radius 1 is 1.30 bits per heavy atom. The molecule has 0 spiro atoms. The minimum atomic E-state index is -5.08. The fourth-order valence-corrected chi connectivity index (χ4v) is 2.09. The molecule has 3 heterocycles. The summed E-state index contributed by atoms with van der Waals surface area (Å²) in [6.45, 7) is 0. The predicted molar refractivity (Wildman–Crippen MR) is 90.2 cm³/mol. The van der Waals surface area contributed by atoms with Crippen molar-refractivity contribution in [1.82, 2.24) is 19.9 Å². The normalized spacial score (nSPS) is 11.0. The molecule has 0 radical (unpaired) electrons. The number of pyridine rings is 2. The zero-order valence-electron chi connectivity index (χ0n) is 14.1. The van der Waals surface area contributed by atoms with E-state index in [1.54, 1.807) is 19.4 Å². The summed E-state index contributed by atoms with van der Waals surface area (Å²) in [6, 6.07) is 7.40. The molecule has 144 valence electrons. The van der Waals surface area contributed by atoms with Crippen LogP contribution in [0, 0.1) is 0 Å². The van der Waals surface area contributed by atoms with Crippen LogP contribution in [0.3, 0.4) is 0 Å². The quantitative estimate of drug-likeness (QED) is 0.631. The number of nitrogen functional groups attached to an aromatic ring is 1. The lowest BCUT2D eigenvalue weighted by Gasteiger charge is -2.04. The Kier molecular flexibility index (Phi) is 6.16. The smallest absolute Gasteiger partial charge is 0.490 e. The van der Waals surface area contributed by atoms with E-state index >= 15 is 0 Å². The van der Waals surface area contributed by atoms with E-state index < -0.39 is 12.1 Å². The van der Waals surface area contributed by atoms with Crippen LogP contribution >= 0.6 is 0 Å². The van der Waals surface area contributed by atoms with Crippen LogP contribution in [0.2, 0.25) is 0 Å². The van der Waals surface area contributed by atoms with E-state index in [9.17, 15) is 13.2 Å². The number of carboxylic acid groups (broad SMARTS) is 1. The average Bonchev–Trinajstić information content (AvgIpc) is 3.02. The van der Waals surface area contributed by atoms with Crippen LogP contribution in [0.1, 0.15) is 11.5 Å². The number of alkyl halides is 3. The summed E-state index contributed by atoms with van der Waals surface area (Å²) in [5.74, 6) is -0.682. The van der Waals surface area contributed by atoms with Gasteiger partial charge in [-0.3, -0.25) is 0 Å². The summed E-state index contributed by atoms with van der Waals surface area (Å²) >= 11 is 0. The third-order valence-electron chi connectivity index (χ3n) is 3.27. The second-order valence-corrected chi connectivity index (χ2v) is 5.28. The number of aromatic nitrogens is 4. The van der Waals surface area contributed by atoms with Crippen LogP contribution in [0.25, 0.3) is 11.2 Å². The molecule has 0 aromatic carbocycles. The van der Waals surface area contributed by atoms with Gasteiger partial charge in [-0.15, -0.1) is 0 Å². The molecule has 0 aliphatic carbocycles. The number of hydrogen-bond acceptors (Lipinski definition) is 6. The molecule has 0 saturated heterocycles. The molecule has 27 heavy (non-hydrogen) atoms. The summed E-state index contributed by atoms with van der Waals surface area (Å²) in [5, 5.41) is 7.12. The molecule has 8 nitrogen and oxygen atoms in total. The topological polar surface area (TPSA) is 127 Å². The Bertz CT molecular complexity index is 894. The summed E-state index contributed by atoms with van der Waals surface area (Å²) in [6.07, 6.45) is -1.86. The number of aliphatic carboxylic acids is 1. The number of carbonyl (C=O) groups is 1. The number of anilines is 1. The number of aryl methyl sites for hydroxylation is 2. The van der Waals surface area contributed by atoms with Crippen molar-refractivity contribution in [3.8, 4) is 5.75 Å². The maximum atomic E-state index is 10.6. The fourth-order valence-electron chi connectivity index (χ4n) is 2.09. The molecule has 0 fully saturated rings. The molecule has 0 unspecified atom stereocenters. The number of H-pyrrole nitrogens is 1. The molecule has 3 aromatic heterocycles. The first-order valence-corrected chi connectivity index (χ1v) is 7.59. The van der Waals surface area contributed by atoms with Crippen molar-refractivity contribution in [2.45, 2.75) is 19.0 Å². The van der Waals surface area contributed by atoms with E-state index in [0.717, 1.165) is 41.3 Å². The van der Waals surface area contributed by atoms with Gasteiger partial charge in [0.1, 0.15) is 22.9 Å². The summed E-state index contributed by atoms with van der Waals surface area (Å²) < 4.78 is 36.9. The van der Waals surface area contributed by atoms with E-state index in [0.29, 0.717) is 5.82 Å². The number of nitrogens with two attached hydrogens (primary N) is 1. The first-order valence-electron chi connectivity index (χ1n) is 7.59. The van der Waals surface area contributed by atoms with Crippen molar-refractivity contribution in [3.63, 3.8) is 0 Å². The Morgan fingerprint density at radius 2 is 2.00 bits per heavy atom. The molecule has 0 amide bonds. The number of imidazole rings is 1. The maximum Gasteiger partial charge on any atom is 0.490 e. The van der Waals surface area contributed by atoms with Crippen LogP contribution in [0.4, 0.5) is 19.0 Å². The van der Waals surface area contributed by atoms with Gasteiger partial charge in [-0.25, -0.2) is 19.7 Å². The Hall–Kier alpha value is -3.37. The zero-order valence-corrected chi connectivity index (χ0v) is 14.1. The molecule has 11 heteroatoms. The predicted octanol–water partition coefficient (Wildman–Crippen LogP) is 2.36. The highest BCUT2D eigenvalue weighted by Crippen LogP contribution is 2.17. The number of nitrogens with zero attached hydrogens (tertiary/aromatic N) is 3. The monoisotopic (exact) mass is 383 g/mol. The van der Waals surface area contributed by atoms with Crippen molar-refractivity contribution < 1.29 is 27.8 Å². The van der Waals surface area contributed by atoms with Crippen molar-refractivity contribution in [2.75, 3.05) is 12.8 Å². The number of fused-ring (bicyclic) bond motifs is 1. The van der Waals surface area contributed by atoms with Crippen LogP contribution in [-0.4, -0.2) is 44.3 Å². The molecular formula is C16H16F3N5O3. The second kappa shape index (κ2) is 8.34. The first kappa shape index (κ1) is 19.9. The number of halogens is 3. The lowest BCUT2D eigenvalue weighted by Crippen LogP contribution is -2.21. The number of ether oxygens (including phenoxy) is 1. The maximum absolute atomic E-state index is 10.6. The van der Waals surface area contributed by atoms with Gasteiger partial charge in [-0.2, -0.15) is 13.2 Å². The summed E-state index contributed by atoms with van der Waals surface area (Å²) in [4.78, 5) is 25.1. The SMILES string of the molecule is COc1cc(N)nc(CCc2nc3cccnc3[nH]2)c1.O=C(O)C(F)(F)F. The molecule has 0 aliphatic heterocycles. The van der Waals surface area contributed by atoms with Gasteiger partial charge in [-0.1, -0.05) is 0 Å². The van der Waals surface area contributed by atoms with Gasteiger partial charge in [0.05, 0.1) is 7.11 Å². The van der Waals surface area contributed by atoms with Crippen molar-refractivity contribution >= 4 is 23.0 Å². The van der Waals surface area contributed by atoms with Crippen LogP contribution in [0.5, 0.6) is 5.75 Å². The van der Waals surface area contributed by atoms with Gasteiger partial charge < -0.3 is 20.6 Å². The number of methoxy groups -OCH3 is 1. The lowest BCUT2D eigenvalue weighted by molar-refractivity contribution is -0.192. The van der Waals surface area contributed by atoms with E-state index in [-0.39, 0.29) is 0 Å². The third-order valence-corrected chi connectivity index (χ3v) is 3.27. The van der Waals surface area contributed by atoms with Gasteiger partial charge in [0.15, 0.2) is 5.65 Å². The van der Waals surface area contributed by atoms with Gasteiger partial charge in [-0.05, 0) is 18.6 Å². The van der Waals surface area contributed by atoms with Crippen LogP contribution < -0.4 is 10.5 Å². The number of rotatable bonds is 4. The first-order chi connectivity index (χ1) is 12.7. The van der Waals surface area contributed by atoms with E-state index in [2.05, 4.69) is 19.9 Å². The molecular weight excluding hydrogens is 367 g/mol. The van der Waals surface area contributed by atoms with Crippen LogP contribution in [-0.2, 0) is 17.6 Å². The molecule has 3 rings (SSSR count). The largest absolute Gasteiger partial charge is 0.497 e. The highest BCUT2D eigenvalue weighted by molar-refractivity contribution is 5.73. The molecule has 0 atom stereocenters. The second-order valence-electron chi connectivity index (χ2n) is 5.28. The van der Waals surface area contributed by atoms with E-state index in [4.69, 9.17) is 20.4 Å². The lowest BCUT2D eigenvalue weighted by atomic mass is 10.2. The van der Waals surface area contributed by atoms with Gasteiger partial charge >= 0.3 is 12.1 Å². The van der Waals surface area contributed by atoms with Gasteiger partial charge in [0.25, 0.3) is 0 Å². The zero-order chi connectivity index (χ0) is 20.0. The molecule has 4 N–H and O–H groups in total. The Balaban J connectivity index is 0.000000321. The van der Waals surface area contributed by atoms with E-state index in [1.807, 2.05) is 18.2 Å². The minimum absolute atomic E-state index is 0.464. The highest BCUT2D eigenvalue weighted by Gasteiger charge is 2.38. The van der Waals surface area contributed by atoms with Crippen molar-refractivity contribution in [2.24, 2.45) is 0 Å². The molecule has 0 aliphatic rings. The summed E-state index contributed by atoms with van der Waals surface area (Å²) in [7, 11) is 1.61. The van der Waals surface area contributed by atoms with Crippen molar-refractivity contribution in [3.05, 3.63) is 42.0 Å². The fraction of sp³-hybridized carbons (Fsp3) is 0.250. The number of carboxylic acids is 1. The number of hydrogen-bond donors (Lipinski definition) is 3. The molecule has 0 saturated carbocycles. The third kappa shape index (κ3) is 5.83. The molecule has 0 bridgehead atoms. The average molecular weight is 383 g/mol. The highest BCUT2D eigenvalue weighted by atomic mass is 19.4. The van der Waals surface area contributed by atoms with Crippen molar-refractivity contribution in [1.29, 1.82) is 0 Å². The minimum Gasteiger partial charge on any atom is -0.497 e. The molecule has 3 aromatic rings. The van der Waals surface area contributed by atoms with Gasteiger partial charge in [0, 0.05) is 30.4 Å².